The van der Waals surface area contributed by atoms with Crippen LogP contribution < -0.4 is 0 Å². The normalized spacial score (nSPS) is 14.8. The minimum atomic E-state index is -0.906. The molecule has 0 saturated heterocycles. The third kappa shape index (κ3) is 1.82. The van der Waals surface area contributed by atoms with Crippen molar-refractivity contribution in [3.8, 4) is 11.4 Å². The van der Waals surface area contributed by atoms with Gasteiger partial charge in [-0.15, -0.1) is 0 Å². The van der Waals surface area contributed by atoms with Crippen LogP contribution in [0.3, 0.4) is 0 Å². The monoisotopic (exact) mass is 228 g/mol. The molecule has 1 N–H and O–H groups in total. The quantitative estimate of drug-likeness (QED) is 0.878. The zero-order valence-corrected chi connectivity index (χ0v) is 9.21. The maximum absolute atomic E-state index is 10.9. The lowest BCUT2D eigenvalue weighted by molar-refractivity contribution is 0.0697. The number of carbonyl (C=O) groups is 1. The van der Waals surface area contributed by atoms with E-state index in [0.717, 1.165) is 11.4 Å². The van der Waals surface area contributed by atoms with Crippen molar-refractivity contribution in [3.05, 3.63) is 42.2 Å². The molecule has 1 aromatic heterocycles. The van der Waals surface area contributed by atoms with Crippen molar-refractivity contribution >= 4 is 5.97 Å². The van der Waals surface area contributed by atoms with Gasteiger partial charge in [0.05, 0.1) is 5.56 Å². The van der Waals surface area contributed by atoms with Gasteiger partial charge in [0, 0.05) is 24.0 Å². The van der Waals surface area contributed by atoms with Gasteiger partial charge >= 0.3 is 5.97 Å². The number of hydrogen-bond acceptors (Lipinski definition) is 2. The molecule has 0 radical (unpaired) electrons. The van der Waals surface area contributed by atoms with Gasteiger partial charge in [0.15, 0.2) is 0 Å². The van der Waals surface area contributed by atoms with Gasteiger partial charge in [-0.05, 0) is 25.0 Å². The number of rotatable bonds is 3. The van der Waals surface area contributed by atoms with Crippen LogP contribution in [0.15, 0.2) is 36.7 Å². The highest BCUT2D eigenvalue weighted by molar-refractivity contribution is 5.89. The first kappa shape index (κ1) is 10.1. The number of nitrogens with zero attached hydrogens (tertiary/aromatic N) is 2. The van der Waals surface area contributed by atoms with Crippen molar-refractivity contribution in [2.45, 2.75) is 18.9 Å². The second-order valence-corrected chi connectivity index (χ2v) is 4.28. The topological polar surface area (TPSA) is 55.1 Å². The molecule has 1 heterocycles. The number of aromatic nitrogens is 2. The Morgan fingerprint density at radius 1 is 1.41 bits per heavy atom. The van der Waals surface area contributed by atoms with Gasteiger partial charge in [0.1, 0.15) is 5.82 Å². The predicted molar refractivity (Wildman–Crippen MR) is 62.9 cm³/mol. The van der Waals surface area contributed by atoms with E-state index in [0.29, 0.717) is 11.6 Å². The van der Waals surface area contributed by atoms with E-state index in [1.54, 1.807) is 24.4 Å². The Morgan fingerprint density at radius 3 is 2.94 bits per heavy atom. The predicted octanol–water partition coefficient (Wildman–Crippen LogP) is 2.58. The molecule has 1 fully saturated rings. The molecular formula is C13H12N2O2. The van der Waals surface area contributed by atoms with E-state index in [4.69, 9.17) is 5.11 Å². The fraction of sp³-hybridized carbons (Fsp3) is 0.231. The number of carboxylic acid groups (broad SMARTS) is 1. The second kappa shape index (κ2) is 3.73. The van der Waals surface area contributed by atoms with Crippen molar-refractivity contribution < 1.29 is 9.90 Å². The van der Waals surface area contributed by atoms with E-state index in [1.165, 1.54) is 12.8 Å². The van der Waals surface area contributed by atoms with Crippen molar-refractivity contribution in [2.24, 2.45) is 0 Å². The van der Waals surface area contributed by atoms with E-state index in [1.807, 2.05) is 12.3 Å². The smallest absolute Gasteiger partial charge is 0.335 e. The minimum Gasteiger partial charge on any atom is -0.478 e. The summed E-state index contributed by atoms with van der Waals surface area (Å²) in [4.78, 5) is 15.2. The fourth-order valence-corrected chi connectivity index (χ4v) is 1.98. The van der Waals surface area contributed by atoms with E-state index in [9.17, 15) is 4.79 Å². The summed E-state index contributed by atoms with van der Waals surface area (Å²) in [6.45, 7) is 0. The van der Waals surface area contributed by atoms with Crippen molar-refractivity contribution in [2.75, 3.05) is 0 Å². The number of carboxylic acids is 1. The Kier molecular flexibility index (Phi) is 2.21. The van der Waals surface area contributed by atoms with E-state index in [2.05, 4.69) is 9.55 Å². The van der Waals surface area contributed by atoms with E-state index < -0.39 is 5.97 Å². The first-order chi connectivity index (χ1) is 8.25. The first-order valence-electron chi connectivity index (χ1n) is 5.62. The molecule has 1 saturated carbocycles. The van der Waals surface area contributed by atoms with Crippen LogP contribution >= 0.6 is 0 Å². The molecule has 86 valence electrons. The van der Waals surface area contributed by atoms with Gasteiger partial charge < -0.3 is 9.67 Å². The van der Waals surface area contributed by atoms with Crippen molar-refractivity contribution in [3.63, 3.8) is 0 Å². The molecule has 1 aliphatic rings. The second-order valence-electron chi connectivity index (χ2n) is 4.28. The lowest BCUT2D eigenvalue weighted by atomic mass is 10.1. The summed E-state index contributed by atoms with van der Waals surface area (Å²) < 4.78 is 2.13. The minimum absolute atomic E-state index is 0.299. The summed E-state index contributed by atoms with van der Waals surface area (Å²) in [7, 11) is 0. The van der Waals surface area contributed by atoms with Crippen LogP contribution in [0.5, 0.6) is 0 Å². The summed E-state index contributed by atoms with van der Waals surface area (Å²) in [6, 6.07) is 7.46. The van der Waals surface area contributed by atoms with Crippen LogP contribution in [0, 0.1) is 0 Å². The highest BCUT2D eigenvalue weighted by Gasteiger charge is 2.25. The van der Waals surface area contributed by atoms with Gasteiger partial charge in [-0.2, -0.15) is 0 Å². The molecule has 1 aliphatic carbocycles. The van der Waals surface area contributed by atoms with Crippen LogP contribution in [-0.2, 0) is 0 Å². The summed E-state index contributed by atoms with van der Waals surface area (Å²) >= 11 is 0. The lowest BCUT2D eigenvalue weighted by Crippen LogP contribution is -1.99. The molecule has 2 aromatic rings. The number of hydrogen-bond donors (Lipinski definition) is 1. The van der Waals surface area contributed by atoms with Gasteiger partial charge in [0.25, 0.3) is 0 Å². The Bertz CT molecular complexity index is 570. The molecular weight excluding hydrogens is 216 g/mol. The summed E-state index contributed by atoms with van der Waals surface area (Å²) in [5, 5.41) is 8.97. The Morgan fingerprint density at radius 2 is 2.24 bits per heavy atom. The molecule has 1 aromatic carbocycles. The molecule has 3 rings (SSSR count). The van der Waals surface area contributed by atoms with Crippen LogP contribution in [-0.4, -0.2) is 20.6 Å². The number of benzene rings is 1. The molecule has 0 unspecified atom stereocenters. The number of imidazole rings is 1. The molecule has 4 nitrogen and oxygen atoms in total. The third-order valence-electron chi connectivity index (χ3n) is 2.98. The Labute approximate surface area is 98.5 Å². The Hall–Kier alpha value is -2.10. The maximum Gasteiger partial charge on any atom is 0.335 e. The van der Waals surface area contributed by atoms with Gasteiger partial charge in [-0.3, -0.25) is 0 Å². The highest BCUT2D eigenvalue weighted by Crippen LogP contribution is 2.37. The Balaban J connectivity index is 2.05. The molecule has 17 heavy (non-hydrogen) atoms. The zero-order valence-electron chi connectivity index (χ0n) is 9.21. The summed E-state index contributed by atoms with van der Waals surface area (Å²) in [5.41, 5.74) is 1.16. The summed E-state index contributed by atoms with van der Waals surface area (Å²) in [5.74, 6) is -0.0491. The van der Waals surface area contributed by atoms with E-state index in [-0.39, 0.29) is 0 Å². The zero-order chi connectivity index (χ0) is 11.8. The van der Waals surface area contributed by atoms with Crippen LogP contribution in [0.25, 0.3) is 11.4 Å². The summed E-state index contributed by atoms with van der Waals surface area (Å²) in [6.07, 6.45) is 6.09. The van der Waals surface area contributed by atoms with Crippen LogP contribution in [0.2, 0.25) is 0 Å². The largest absolute Gasteiger partial charge is 0.478 e. The molecule has 0 spiro atoms. The number of aromatic carboxylic acids is 1. The van der Waals surface area contributed by atoms with Gasteiger partial charge in [0.2, 0.25) is 0 Å². The molecule has 0 atom stereocenters. The van der Waals surface area contributed by atoms with Crippen molar-refractivity contribution in [1.82, 2.24) is 9.55 Å². The third-order valence-corrected chi connectivity index (χ3v) is 2.98. The standard InChI is InChI=1S/C13H12N2O2/c16-13(17)10-3-1-2-9(8-10)12-14-6-7-15(12)11-4-5-11/h1-3,6-8,11H,4-5H2,(H,16,17). The fourth-order valence-electron chi connectivity index (χ4n) is 1.98. The molecule has 0 amide bonds. The van der Waals surface area contributed by atoms with Crippen LogP contribution in [0.4, 0.5) is 0 Å². The maximum atomic E-state index is 10.9. The van der Waals surface area contributed by atoms with Gasteiger partial charge in [-0.25, -0.2) is 9.78 Å². The molecule has 0 bridgehead atoms. The molecule has 0 aliphatic heterocycles. The van der Waals surface area contributed by atoms with Crippen molar-refractivity contribution in [1.29, 1.82) is 0 Å². The average molecular weight is 228 g/mol. The molecule has 4 heteroatoms. The van der Waals surface area contributed by atoms with Crippen LogP contribution in [0.1, 0.15) is 29.2 Å². The lowest BCUT2D eigenvalue weighted by Gasteiger charge is -2.06. The highest BCUT2D eigenvalue weighted by atomic mass is 16.4. The first-order valence-corrected chi connectivity index (χ1v) is 5.62. The van der Waals surface area contributed by atoms with Gasteiger partial charge in [-0.1, -0.05) is 12.1 Å². The average Bonchev–Trinajstić information content (AvgIpc) is 3.07. The van der Waals surface area contributed by atoms with E-state index >= 15 is 0 Å². The SMILES string of the molecule is O=C(O)c1cccc(-c2nccn2C2CC2)c1.